The van der Waals surface area contributed by atoms with Gasteiger partial charge in [-0.1, -0.05) is 5.16 Å². The third-order valence-corrected chi connectivity index (χ3v) is 2.24. The van der Waals surface area contributed by atoms with Gasteiger partial charge in [0.1, 0.15) is 23.3 Å². The van der Waals surface area contributed by atoms with E-state index in [1.807, 2.05) is 6.07 Å². The maximum Gasteiger partial charge on any atom is 0.222 e. The first-order chi connectivity index (χ1) is 8.15. The molecule has 1 heterocycles. The highest BCUT2D eigenvalue weighted by Gasteiger charge is 2.14. The van der Waals surface area contributed by atoms with E-state index in [-0.39, 0.29) is 17.2 Å². The first kappa shape index (κ1) is 10.8. The van der Waals surface area contributed by atoms with Gasteiger partial charge in [-0.3, -0.25) is 0 Å². The van der Waals surface area contributed by atoms with E-state index in [1.165, 1.54) is 25.3 Å². The number of rotatable bonds is 2. The predicted octanol–water partition coefficient (Wildman–Crippen LogP) is 1.51. The smallest absolute Gasteiger partial charge is 0.222 e. The number of benzene rings is 1. The summed E-state index contributed by atoms with van der Waals surface area (Å²) in [5, 5.41) is 22.1. The molecule has 6 nitrogen and oxygen atoms in total. The molecule has 0 amide bonds. The minimum Gasteiger partial charge on any atom is -0.506 e. The highest BCUT2D eigenvalue weighted by Crippen LogP contribution is 2.35. The molecule has 0 radical (unpaired) electrons. The minimum atomic E-state index is -0.149. The van der Waals surface area contributed by atoms with Crippen molar-refractivity contribution in [3.05, 3.63) is 23.8 Å². The highest BCUT2D eigenvalue weighted by atomic mass is 16.5. The van der Waals surface area contributed by atoms with Gasteiger partial charge >= 0.3 is 0 Å². The van der Waals surface area contributed by atoms with Gasteiger partial charge in [0.05, 0.1) is 12.7 Å². The van der Waals surface area contributed by atoms with E-state index in [2.05, 4.69) is 5.16 Å². The number of aromatic nitrogens is 1. The van der Waals surface area contributed by atoms with E-state index in [1.54, 1.807) is 0 Å². The van der Waals surface area contributed by atoms with E-state index >= 15 is 0 Å². The molecule has 17 heavy (non-hydrogen) atoms. The molecule has 0 spiro atoms. The second-order valence-electron chi connectivity index (χ2n) is 3.30. The molecule has 2 aromatic rings. The van der Waals surface area contributed by atoms with Crippen LogP contribution in [0.2, 0.25) is 0 Å². The third kappa shape index (κ3) is 1.86. The van der Waals surface area contributed by atoms with Crippen LogP contribution in [-0.4, -0.2) is 17.4 Å². The Morgan fingerprint density at radius 2 is 2.24 bits per heavy atom. The van der Waals surface area contributed by atoms with E-state index in [0.29, 0.717) is 17.0 Å². The summed E-state index contributed by atoms with van der Waals surface area (Å²) in [6, 6.07) is 6.19. The maximum absolute atomic E-state index is 9.53. The van der Waals surface area contributed by atoms with Crippen molar-refractivity contribution >= 4 is 5.88 Å². The van der Waals surface area contributed by atoms with Crippen molar-refractivity contribution in [3.63, 3.8) is 0 Å². The van der Waals surface area contributed by atoms with E-state index < -0.39 is 0 Å². The number of phenolic OH excluding ortho intramolecular Hbond substituents is 1. The molecule has 0 saturated heterocycles. The highest BCUT2D eigenvalue weighted by molar-refractivity contribution is 5.72. The van der Waals surface area contributed by atoms with Gasteiger partial charge < -0.3 is 20.1 Å². The van der Waals surface area contributed by atoms with Gasteiger partial charge in [-0.05, 0) is 6.07 Å². The fourth-order valence-corrected chi connectivity index (χ4v) is 1.44. The average Bonchev–Trinajstić information content (AvgIpc) is 2.75. The Kier molecular flexibility index (Phi) is 2.58. The van der Waals surface area contributed by atoms with Crippen LogP contribution in [-0.2, 0) is 0 Å². The van der Waals surface area contributed by atoms with Crippen molar-refractivity contribution in [2.24, 2.45) is 0 Å². The summed E-state index contributed by atoms with van der Waals surface area (Å²) in [7, 11) is 1.45. The number of nitrogen functional groups attached to an aromatic ring is 1. The summed E-state index contributed by atoms with van der Waals surface area (Å²) in [5.74, 6) is 0.396. The molecule has 3 N–H and O–H groups in total. The zero-order valence-electron chi connectivity index (χ0n) is 8.97. The summed E-state index contributed by atoms with van der Waals surface area (Å²) in [5.41, 5.74) is 6.52. The van der Waals surface area contributed by atoms with Crippen LogP contribution < -0.4 is 10.5 Å². The number of aromatic hydroxyl groups is 1. The van der Waals surface area contributed by atoms with Gasteiger partial charge in [0.25, 0.3) is 0 Å². The first-order valence-electron chi connectivity index (χ1n) is 4.69. The molecule has 2 rings (SSSR count). The average molecular weight is 231 g/mol. The molecule has 0 unspecified atom stereocenters. The molecular formula is C11H9N3O3. The molecule has 0 aliphatic rings. The van der Waals surface area contributed by atoms with E-state index in [9.17, 15) is 5.11 Å². The number of nitriles is 1. The zero-order valence-corrected chi connectivity index (χ0v) is 8.97. The van der Waals surface area contributed by atoms with Crippen molar-refractivity contribution in [2.45, 2.75) is 0 Å². The van der Waals surface area contributed by atoms with Crippen molar-refractivity contribution < 1.29 is 14.4 Å². The third-order valence-electron chi connectivity index (χ3n) is 2.24. The van der Waals surface area contributed by atoms with Crippen LogP contribution in [0, 0.1) is 11.3 Å². The van der Waals surface area contributed by atoms with Crippen molar-refractivity contribution in [1.82, 2.24) is 5.16 Å². The van der Waals surface area contributed by atoms with E-state index in [4.69, 9.17) is 20.3 Å². The van der Waals surface area contributed by atoms with Crippen molar-refractivity contribution in [3.8, 4) is 28.8 Å². The number of methoxy groups -OCH3 is 1. The number of anilines is 1. The molecule has 0 fully saturated rings. The largest absolute Gasteiger partial charge is 0.506 e. The number of phenols is 1. The maximum atomic E-state index is 9.53. The molecule has 1 aromatic heterocycles. The quantitative estimate of drug-likeness (QED) is 0.811. The lowest BCUT2D eigenvalue weighted by Gasteiger charge is -2.07. The van der Waals surface area contributed by atoms with Gasteiger partial charge in [0.2, 0.25) is 5.88 Å². The molecular weight excluding hydrogens is 222 g/mol. The van der Waals surface area contributed by atoms with Gasteiger partial charge in [0.15, 0.2) is 0 Å². The SMILES string of the molecule is COc1cc(O)c(C#N)cc1-c1cc(N)on1. The Morgan fingerprint density at radius 3 is 2.76 bits per heavy atom. The predicted molar refractivity (Wildman–Crippen MR) is 59.3 cm³/mol. The van der Waals surface area contributed by atoms with Gasteiger partial charge in [0, 0.05) is 17.7 Å². The van der Waals surface area contributed by atoms with Crippen LogP contribution in [0.15, 0.2) is 22.7 Å². The molecule has 1 aromatic carbocycles. The normalized spacial score (nSPS) is 9.88. The molecule has 86 valence electrons. The summed E-state index contributed by atoms with van der Waals surface area (Å²) < 4.78 is 9.85. The Morgan fingerprint density at radius 1 is 1.47 bits per heavy atom. The number of hydrogen-bond acceptors (Lipinski definition) is 6. The van der Waals surface area contributed by atoms with Crippen LogP contribution in [0.25, 0.3) is 11.3 Å². The van der Waals surface area contributed by atoms with Crippen molar-refractivity contribution in [2.75, 3.05) is 12.8 Å². The van der Waals surface area contributed by atoms with Crippen LogP contribution in [0.5, 0.6) is 11.5 Å². The standard InChI is InChI=1S/C11H9N3O3/c1-16-10-4-9(15)6(5-12)2-7(10)8-3-11(13)17-14-8/h2-4,15H,13H2,1H3. The summed E-state index contributed by atoms with van der Waals surface area (Å²) >= 11 is 0. The lowest BCUT2D eigenvalue weighted by Crippen LogP contribution is -1.90. The number of nitrogens with zero attached hydrogens (tertiary/aromatic N) is 2. The lowest BCUT2D eigenvalue weighted by molar-refractivity contribution is 0.407. The number of ether oxygens (including phenoxy) is 1. The summed E-state index contributed by atoms with van der Waals surface area (Å²) in [4.78, 5) is 0. The summed E-state index contributed by atoms with van der Waals surface area (Å²) in [6.45, 7) is 0. The molecule has 0 saturated carbocycles. The van der Waals surface area contributed by atoms with E-state index in [0.717, 1.165) is 0 Å². The monoisotopic (exact) mass is 231 g/mol. The molecule has 0 aliphatic carbocycles. The molecule has 0 bridgehead atoms. The lowest BCUT2D eigenvalue weighted by atomic mass is 10.1. The number of nitrogens with two attached hydrogens (primary N) is 1. The van der Waals surface area contributed by atoms with Gasteiger partial charge in [-0.2, -0.15) is 5.26 Å². The molecule has 0 atom stereocenters. The summed E-state index contributed by atoms with van der Waals surface area (Å²) in [6.07, 6.45) is 0. The molecule has 6 heteroatoms. The minimum absolute atomic E-state index is 0.127. The second-order valence-corrected chi connectivity index (χ2v) is 3.30. The van der Waals surface area contributed by atoms with Crippen LogP contribution in [0.1, 0.15) is 5.56 Å². The zero-order chi connectivity index (χ0) is 12.4. The Hall–Kier alpha value is -2.68. The number of hydrogen-bond donors (Lipinski definition) is 2. The Bertz CT molecular complexity index is 598. The topological polar surface area (TPSA) is 105 Å². The Labute approximate surface area is 96.8 Å². The second kappa shape index (κ2) is 4.06. The Balaban J connectivity index is 2.64. The molecule has 0 aliphatic heterocycles. The first-order valence-corrected chi connectivity index (χ1v) is 4.69. The van der Waals surface area contributed by atoms with Crippen LogP contribution in [0.3, 0.4) is 0 Å². The fraction of sp³-hybridized carbons (Fsp3) is 0.0909. The van der Waals surface area contributed by atoms with Gasteiger partial charge in [-0.15, -0.1) is 0 Å². The fourth-order valence-electron chi connectivity index (χ4n) is 1.44. The van der Waals surface area contributed by atoms with Crippen molar-refractivity contribution in [1.29, 1.82) is 5.26 Å². The van der Waals surface area contributed by atoms with Crippen LogP contribution >= 0.6 is 0 Å². The van der Waals surface area contributed by atoms with Gasteiger partial charge in [-0.25, -0.2) is 0 Å². The van der Waals surface area contributed by atoms with Crippen LogP contribution in [0.4, 0.5) is 5.88 Å².